The first-order valence-electron chi connectivity index (χ1n) is 20.6. The lowest BCUT2D eigenvalue weighted by Crippen LogP contribution is -2.65. The van der Waals surface area contributed by atoms with Gasteiger partial charge in [0.05, 0.1) is 34.9 Å². The number of aliphatic hydroxyl groups excluding tert-OH is 4. The van der Waals surface area contributed by atoms with Gasteiger partial charge >= 0.3 is 15.6 Å². The van der Waals surface area contributed by atoms with E-state index in [0.29, 0.717) is 24.7 Å². The van der Waals surface area contributed by atoms with E-state index < -0.39 is 110 Å². The molecule has 4 fully saturated rings. The number of thioether (sulfide) groups is 2. The van der Waals surface area contributed by atoms with Gasteiger partial charge in [-0.1, -0.05) is 26.7 Å². The van der Waals surface area contributed by atoms with Crippen molar-refractivity contribution in [1.82, 2.24) is 20.4 Å². The second-order valence-electron chi connectivity index (χ2n) is 16.6. The van der Waals surface area contributed by atoms with E-state index in [1.807, 2.05) is 23.9 Å². The van der Waals surface area contributed by atoms with E-state index in [1.54, 1.807) is 13.8 Å². The lowest BCUT2D eigenvalue weighted by atomic mass is 9.92. The number of nitrogens with one attached hydrogen (secondary N) is 2. The quantitative estimate of drug-likeness (QED) is 0.0641. The Labute approximate surface area is 377 Å². The fourth-order valence-electron chi connectivity index (χ4n) is 8.90. The third kappa shape index (κ3) is 13.6. The number of hydrogen-bond acceptors (Lipinski definition) is 17. The van der Waals surface area contributed by atoms with Gasteiger partial charge in [0.2, 0.25) is 11.8 Å². The molecule has 0 aliphatic carbocycles. The van der Waals surface area contributed by atoms with E-state index >= 15 is 0 Å². The second kappa shape index (κ2) is 23.3. The summed E-state index contributed by atoms with van der Waals surface area (Å²) >= 11 is 14.8. The largest absolute Gasteiger partial charge is 0.481 e. The van der Waals surface area contributed by atoms with E-state index in [-0.39, 0.29) is 11.8 Å². The molecule has 0 radical (unpaired) electrons. The summed E-state index contributed by atoms with van der Waals surface area (Å²) in [5.74, 6) is -0.0245. The van der Waals surface area contributed by atoms with Crippen LogP contribution in [0.15, 0.2) is 0 Å². The van der Waals surface area contributed by atoms with E-state index in [2.05, 4.69) is 28.8 Å². The summed E-state index contributed by atoms with van der Waals surface area (Å²) in [5.41, 5.74) is -2.62. The van der Waals surface area contributed by atoms with Gasteiger partial charge in [0.15, 0.2) is 0 Å². The van der Waals surface area contributed by atoms with Crippen LogP contribution in [-0.2, 0) is 41.6 Å². The zero-order valence-corrected chi connectivity index (χ0v) is 40.7. The average Bonchev–Trinajstić information content (AvgIpc) is 3.74. The van der Waals surface area contributed by atoms with Crippen molar-refractivity contribution < 1.29 is 71.8 Å². The number of phosphoric ester groups is 2. The number of halogens is 2. The molecule has 0 aromatic heterocycles. The summed E-state index contributed by atoms with van der Waals surface area (Å²) in [6, 6.07) is -2.99. The van der Waals surface area contributed by atoms with Crippen LogP contribution in [0.4, 0.5) is 0 Å². The van der Waals surface area contributed by atoms with Gasteiger partial charge in [-0.3, -0.25) is 28.4 Å². The number of amides is 2. The predicted octanol–water partition coefficient (Wildman–Crippen LogP) is 2.06. The molecule has 8 N–H and O–H groups in total. The number of hydrogen-bond donors (Lipinski definition) is 8. The van der Waals surface area contributed by atoms with Gasteiger partial charge in [-0.2, -0.15) is 4.31 Å². The Bertz CT molecular complexity index is 1440. The summed E-state index contributed by atoms with van der Waals surface area (Å²) in [5, 5.41) is 49.1. The minimum Gasteiger partial charge on any atom is -0.388 e. The first-order chi connectivity index (χ1) is 28.5. The number of carbonyl (C=O) groups is 2. The number of aliphatic hydroxyl groups is 4. The smallest absolute Gasteiger partial charge is 0.388 e. The van der Waals surface area contributed by atoms with Gasteiger partial charge in [-0.15, -0.1) is 46.7 Å². The first-order valence-corrected chi connectivity index (χ1v) is 27.0. The second-order valence-corrected chi connectivity index (χ2v) is 22.8. The third-order valence-electron chi connectivity index (χ3n) is 11.9. The first kappa shape index (κ1) is 53.8. The normalized spacial score (nSPS) is 39.1. The van der Waals surface area contributed by atoms with Crippen molar-refractivity contribution in [1.29, 1.82) is 0 Å². The zero-order chi connectivity index (χ0) is 45.7. The number of nitrogens with zero attached hydrogens (tertiary/aromatic N) is 2. The molecule has 356 valence electrons. The van der Waals surface area contributed by atoms with E-state index in [4.69, 9.17) is 41.7 Å². The van der Waals surface area contributed by atoms with Crippen molar-refractivity contribution in [3.63, 3.8) is 0 Å². The zero-order valence-electron chi connectivity index (χ0n) is 35.8. The van der Waals surface area contributed by atoms with Crippen LogP contribution in [0.2, 0.25) is 0 Å². The number of likely N-dealkylation sites (N-methyl/N-ethyl adjacent to an activating group) is 2. The number of carbonyl (C=O) groups excluding carboxylic acids is 2. The molecule has 0 bridgehead atoms. The molecular formula is C36H66Cl2N4O15P2S2. The van der Waals surface area contributed by atoms with Crippen LogP contribution in [0.25, 0.3) is 0 Å². The van der Waals surface area contributed by atoms with Crippen LogP contribution in [0.3, 0.4) is 0 Å². The summed E-state index contributed by atoms with van der Waals surface area (Å²) in [6.07, 6.45) is -5.83. The Hall–Kier alpha value is 0.160. The fourth-order valence-corrected chi connectivity index (χ4v) is 13.4. The summed E-state index contributed by atoms with van der Waals surface area (Å²) in [6.45, 7) is 8.76. The van der Waals surface area contributed by atoms with Gasteiger partial charge in [0, 0.05) is 13.1 Å². The van der Waals surface area contributed by atoms with Crippen molar-refractivity contribution in [2.45, 2.75) is 161 Å². The summed E-state index contributed by atoms with van der Waals surface area (Å²) in [4.78, 5) is 52.3. The third-order valence-corrected chi connectivity index (χ3v) is 16.8. The maximum atomic E-state index is 13.4. The van der Waals surface area contributed by atoms with E-state index in [9.17, 15) is 48.9 Å². The Morgan fingerprint density at radius 3 is 1.36 bits per heavy atom. The van der Waals surface area contributed by atoms with E-state index in [1.165, 1.54) is 12.5 Å². The molecule has 61 heavy (non-hydrogen) atoms. The molecule has 0 spiro atoms. The molecule has 2 unspecified atom stereocenters. The lowest BCUT2D eigenvalue weighted by Gasteiger charge is -2.46. The molecule has 0 aromatic carbocycles. The van der Waals surface area contributed by atoms with Crippen LogP contribution in [-0.4, -0.2) is 186 Å². The maximum Gasteiger partial charge on any atom is 0.481 e. The molecule has 4 saturated heterocycles. The van der Waals surface area contributed by atoms with Crippen LogP contribution >= 0.6 is 62.4 Å². The Morgan fingerprint density at radius 1 is 0.721 bits per heavy atom. The average molecular weight is 992 g/mol. The van der Waals surface area contributed by atoms with Crippen molar-refractivity contribution >= 4 is 74.2 Å². The molecule has 19 nitrogen and oxygen atoms in total. The molecule has 25 heteroatoms. The standard InChI is InChI=1S/C36H66Cl2N4O15P2S2/c1-9-11-19-13-21(41(5)15-19)33(47)39-23(17(3)37)29-25(43)27(45)31(35(53-29)60-7)55-58(49,50)57-59(51,52)56-32-28(46)26(44)30(54-36(32)61-8)24(18(4)38)40-34(48)22-14-20(12-10-2)16-42(22)6/h17-32,35-36,43-46H,9-16H2,1-8H3,(H,39,47)(H,40,48)(H,49,50)(H,51,52)/t17-,18-,19+,20+,21-,22-,23+,24+,25+,26+,27-,28-,29+,30+,31+,32+,35+,36+/m0/s1. The van der Waals surface area contributed by atoms with Gasteiger partial charge in [-0.25, -0.2) is 9.13 Å². The monoisotopic (exact) mass is 990 g/mol. The highest BCUT2D eigenvalue weighted by molar-refractivity contribution is 7.99. The van der Waals surface area contributed by atoms with Gasteiger partial charge < -0.3 is 50.3 Å². The van der Waals surface area contributed by atoms with Crippen molar-refractivity contribution in [3.8, 4) is 0 Å². The van der Waals surface area contributed by atoms with Crippen LogP contribution < -0.4 is 10.6 Å². The summed E-state index contributed by atoms with van der Waals surface area (Å²) < 4.78 is 53.6. The number of likely N-dealkylation sites (tertiary alicyclic amines) is 2. The number of alkyl halides is 2. The lowest BCUT2D eigenvalue weighted by molar-refractivity contribution is -0.203. The molecule has 20 atom stereocenters. The van der Waals surface area contributed by atoms with Gasteiger partial charge in [-0.05, 0) is 78.0 Å². The minimum atomic E-state index is -5.69. The Kier molecular flexibility index (Phi) is 20.5. The SMILES string of the molecule is CCC[C@@H]1C[C@@H](C(=O)N[C@@H]([C@H]2O[C@H](SC)[C@H](OP(=O)(O)OP(=O)(O)O[C@@H]3[C@@H](O)[C@@H](O)[C@@H]([C@H](NC(=O)[C@@H]4C[C@@H](CCC)CN4C)[C@H](C)Cl)O[C@@H]3SC)[C@@H](O)[C@H]2O)[C@H](C)Cl)N(C)C1. The van der Waals surface area contributed by atoms with Crippen molar-refractivity contribution in [3.05, 3.63) is 0 Å². The summed E-state index contributed by atoms with van der Waals surface area (Å²) in [7, 11) is -7.70. The van der Waals surface area contributed by atoms with Crippen LogP contribution in [0.5, 0.6) is 0 Å². The Morgan fingerprint density at radius 2 is 1.07 bits per heavy atom. The molecule has 4 aliphatic rings. The van der Waals surface area contributed by atoms with Crippen molar-refractivity contribution in [2.24, 2.45) is 11.8 Å². The topological polar surface area (TPSA) is 266 Å². The van der Waals surface area contributed by atoms with Crippen LogP contribution in [0, 0.1) is 11.8 Å². The molecule has 0 saturated carbocycles. The number of ether oxygens (including phenoxy) is 2. The fraction of sp³-hybridized carbons (Fsp3) is 0.944. The number of phosphoric acid groups is 2. The predicted molar refractivity (Wildman–Crippen MR) is 232 cm³/mol. The molecule has 0 aromatic rings. The maximum absolute atomic E-state index is 13.4. The molecule has 4 rings (SSSR count). The molecule has 2 amide bonds. The molecular weight excluding hydrogens is 925 g/mol. The highest BCUT2D eigenvalue weighted by atomic mass is 35.5. The highest BCUT2D eigenvalue weighted by Crippen LogP contribution is 2.63. The van der Waals surface area contributed by atoms with Gasteiger partial charge in [0.1, 0.15) is 59.7 Å². The number of rotatable bonds is 20. The van der Waals surface area contributed by atoms with Crippen LogP contribution in [0.1, 0.15) is 66.2 Å². The molecule has 4 aliphatic heterocycles. The van der Waals surface area contributed by atoms with Crippen molar-refractivity contribution in [2.75, 3.05) is 39.7 Å². The Balaban J connectivity index is 1.41. The van der Waals surface area contributed by atoms with Gasteiger partial charge in [0.25, 0.3) is 0 Å². The highest BCUT2D eigenvalue weighted by Gasteiger charge is 2.55. The van der Waals surface area contributed by atoms with E-state index in [0.717, 1.165) is 62.3 Å². The minimum absolute atomic E-state index is 0.332. The molecule has 4 heterocycles.